The second-order valence-electron chi connectivity index (χ2n) is 4.91. The molecule has 18 heavy (non-hydrogen) atoms. The number of carbonyl (C=O) groups excluding carboxylic acids is 1. The second kappa shape index (κ2) is 4.71. The van der Waals surface area contributed by atoms with Crippen molar-refractivity contribution in [3.8, 4) is 0 Å². The fraction of sp³-hybridized carbons (Fsp3) is 0.500. The zero-order valence-electron chi connectivity index (χ0n) is 10.6. The zero-order valence-corrected chi connectivity index (χ0v) is 10.6. The van der Waals surface area contributed by atoms with Crippen LogP contribution in [0.3, 0.4) is 0 Å². The molecule has 1 N–H and O–H groups in total. The second-order valence-corrected chi connectivity index (χ2v) is 4.91. The fourth-order valence-electron chi connectivity index (χ4n) is 2.85. The van der Waals surface area contributed by atoms with Gasteiger partial charge in [-0.05, 0) is 25.1 Å². The number of anilines is 1. The Morgan fingerprint density at radius 2 is 2.22 bits per heavy atom. The summed E-state index contributed by atoms with van der Waals surface area (Å²) < 4.78 is 5.42. The number of para-hydroxylation sites is 1. The van der Waals surface area contributed by atoms with Crippen LogP contribution in [0.2, 0.25) is 0 Å². The van der Waals surface area contributed by atoms with Crippen LogP contribution in [0.1, 0.15) is 5.56 Å². The third kappa shape index (κ3) is 1.82. The van der Waals surface area contributed by atoms with E-state index in [4.69, 9.17) is 4.74 Å². The molecule has 0 radical (unpaired) electrons. The number of nitrogens with one attached hydrogen (secondary N) is 1. The Hall–Kier alpha value is -1.39. The first-order valence-corrected chi connectivity index (χ1v) is 6.45. The van der Waals surface area contributed by atoms with E-state index >= 15 is 0 Å². The van der Waals surface area contributed by atoms with Gasteiger partial charge in [0.2, 0.25) is 5.91 Å². The SMILES string of the molecule is CNC1COCC1C(=O)N1CCc2ccccc21. The summed E-state index contributed by atoms with van der Waals surface area (Å²) in [5.41, 5.74) is 2.34. The summed E-state index contributed by atoms with van der Waals surface area (Å²) in [7, 11) is 1.89. The molecule has 96 valence electrons. The Morgan fingerprint density at radius 3 is 3.06 bits per heavy atom. The number of hydrogen-bond acceptors (Lipinski definition) is 3. The van der Waals surface area contributed by atoms with E-state index < -0.39 is 0 Å². The maximum absolute atomic E-state index is 12.6. The van der Waals surface area contributed by atoms with E-state index in [-0.39, 0.29) is 17.9 Å². The van der Waals surface area contributed by atoms with Crippen LogP contribution in [-0.2, 0) is 16.0 Å². The van der Waals surface area contributed by atoms with Gasteiger partial charge in [0.05, 0.1) is 19.1 Å². The van der Waals surface area contributed by atoms with Crippen molar-refractivity contribution in [2.75, 3.05) is 31.7 Å². The number of rotatable bonds is 2. The van der Waals surface area contributed by atoms with Gasteiger partial charge in [0.1, 0.15) is 0 Å². The van der Waals surface area contributed by atoms with Gasteiger partial charge in [0, 0.05) is 18.3 Å². The van der Waals surface area contributed by atoms with Crippen LogP contribution >= 0.6 is 0 Å². The van der Waals surface area contributed by atoms with Gasteiger partial charge in [0.25, 0.3) is 0 Å². The predicted octanol–water partition coefficient (Wildman–Crippen LogP) is 0.810. The van der Waals surface area contributed by atoms with E-state index in [0.29, 0.717) is 13.2 Å². The Morgan fingerprint density at radius 1 is 1.39 bits per heavy atom. The molecule has 3 rings (SSSR count). The van der Waals surface area contributed by atoms with E-state index in [1.807, 2.05) is 30.1 Å². The minimum Gasteiger partial charge on any atom is -0.379 e. The number of likely N-dealkylation sites (N-methyl/N-ethyl adjacent to an activating group) is 1. The summed E-state index contributed by atoms with van der Waals surface area (Å²) in [5.74, 6) is 0.137. The molecule has 1 saturated heterocycles. The highest BCUT2D eigenvalue weighted by Crippen LogP contribution is 2.30. The van der Waals surface area contributed by atoms with Gasteiger partial charge in [-0.25, -0.2) is 0 Å². The minimum atomic E-state index is -0.0545. The van der Waals surface area contributed by atoms with Crippen molar-refractivity contribution >= 4 is 11.6 Å². The molecule has 0 bridgehead atoms. The lowest BCUT2D eigenvalue weighted by atomic mass is 10.0. The van der Waals surface area contributed by atoms with Gasteiger partial charge < -0.3 is 15.0 Å². The number of hydrogen-bond donors (Lipinski definition) is 1. The highest BCUT2D eigenvalue weighted by molar-refractivity contribution is 5.97. The van der Waals surface area contributed by atoms with Crippen molar-refractivity contribution < 1.29 is 9.53 Å². The summed E-state index contributed by atoms with van der Waals surface area (Å²) in [4.78, 5) is 14.5. The molecule has 0 spiro atoms. The molecule has 0 saturated carbocycles. The Bertz CT molecular complexity index is 461. The smallest absolute Gasteiger partial charge is 0.234 e. The molecule has 1 amide bonds. The van der Waals surface area contributed by atoms with Crippen molar-refractivity contribution in [3.05, 3.63) is 29.8 Å². The summed E-state index contributed by atoms with van der Waals surface area (Å²) >= 11 is 0. The molecule has 2 unspecified atom stereocenters. The first kappa shape index (κ1) is 11.7. The van der Waals surface area contributed by atoms with Crippen LogP contribution in [0, 0.1) is 5.92 Å². The maximum Gasteiger partial charge on any atom is 0.234 e. The number of carbonyl (C=O) groups is 1. The molecule has 2 aliphatic rings. The number of amides is 1. The molecule has 2 aliphatic heterocycles. The van der Waals surface area contributed by atoms with Gasteiger partial charge in [-0.15, -0.1) is 0 Å². The normalized spacial score (nSPS) is 26.4. The standard InChI is InChI=1S/C14H18N2O2/c1-15-12-9-18-8-11(12)14(17)16-7-6-10-4-2-3-5-13(10)16/h2-5,11-12,15H,6-9H2,1H3. The monoisotopic (exact) mass is 246 g/mol. The van der Waals surface area contributed by atoms with Gasteiger partial charge >= 0.3 is 0 Å². The van der Waals surface area contributed by atoms with E-state index in [1.165, 1.54) is 5.56 Å². The summed E-state index contributed by atoms with van der Waals surface area (Å²) in [6.07, 6.45) is 0.958. The third-order valence-electron chi connectivity index (χ3n) is 3.92. The molecule has 2 heterocycles. The Kier molecular flexibility index (Phi) is 3.06. The predicted molar refractivity (Wildman–Crippen MR) is 69.7 cm³/mol. The molecular formula is C14H18N2O2. The number of ether oxygens (including phenoxy) is 1. The van der Waals surface area contributed by atoms with Gasteiger partial charge in [-0.3, -0.25) is 4.79 Å². The zero-order chi connectivity index (χ0) is 12.5. The molecule has 1 aromatic carbocycles. The minimum absolute atomic E-state index is 0.0545. The van der Waals surface area contributed by atoms with Gasteiger partial charge in [0.15, 0.2) is 0 Å². The lowest BCUT2D eigenvalue weighted by Crippen LogP contribution is -2.44. The third-order valence-corrected chi connectivity index (χ3v) is 3.92. The summed E-state index contributed by atoms with van der Waals surface area (Å²) in [6, 6.07) is 8.30. The molecule has 0 aliphatic carbocycles. The van der Waals surface area contributed by atoms with E-state index in [1.54, 1.807) is 0 Å². The topological polar surface area (TPSA) is 41.6 Å². The molecule has 2 atom stereocenters. The fourth-order valence-corrected chi connectivity index (χ4v) is 2.85. The van der Waals surface area contributed by atoms with Crippen molar-refractivity contribution in [3.63, 3.8) is 0 Å². The number of fused-ring (bicyclic) bond motifs is 1. The molecule has 4 nitrogen and oxygen atoms in total. The highest BCUT2D eigenvalue weighted by atomic mass is 16.5. The van der Waals surface area contributed by atoms with Crippen molar-refractivity contribution in [1.82, 2.24) is 5.32 Å². The van der Waals surface area contributed by atoms with Gasteiger partial charge in [-0.1, -0.05) is 18.2 Å². The molecule has 4 heteroatoms. The van der Waals surface area contributed by atoms with Crippen LogP contribution in [0.5, 0.6) is 0 Å². The maximum atomic E-state index is 12.6. The summed E-state index contributed by atoms with van der Waals surface area (Å²) in [5, 5.41) is 3.17. The lowest BCUT2D eigenvalue weighted by Gasteiger charge is -2.23. The van der Waals surface area contributed by atoms with Crippen molar-refractivity contribution in [1.29, 1.82) is 0 Å². The average molecular weight is 246 g/mol. The molecule has 0 aromatic heterocycles. The van der Waals surface area contributed by atoms with Crippen LogP contribution in [-0.4, -0.2) is 38.8 Å². The quantitative estimate of drug-likeness (QED) is 0.839. The first-order valence-electron chi connectivity index (χ1n) is 6.45. The Balaban J connectivity index is 1.82. The van der Waals surface area contributed by atoms with Crippen LogP contribution in [0.4, 0.5) is 5.69 Å². The van der Waals surface area contributed by atoms with E-state index in [0.717, 1.165) is 18.7 Å². The van der Waals surface area contributed by atoms with Gasteiger partial charge in [-0.2, -0.15) is 0 Å². The molecule has 1 fully saturated rings. The Labute approximate surface area is 107 Å². The first-order chi connectivity index (χ1) is 8.81. The largest absolute Gasteiger partial charge is 0.379 e. The number of benzene rings is 1. The highest BCUT2D eigenvalue weighted by Gasteiger charge is 2.37. The van der Waals surface area contributed by atoms with Crippen LogP contribution in [0.15, 0.2) is 24.3 Å². The van der Waals surface area contributed by atoms with E-state index in [2.05, 4.69) is 11.4 Å². The average Bonchev–Trinajstić information content (AvgIpc) is 3.04. The molecule has 1 aromatic rings. The van der Waals surface area contributed by atoms with Crippen LogP contribution < -0.4 is 10.2 Å². The van der Waals surface area contributed by atoms with Crippen molar-refractivity contribution in [2.45, 2.75) is 12.5 Å². The van der Waals surface area contributed by atoms with E-state index in [9.17, 15) is 4.79 Å². The number of nitrogens with zero attached hydrogens (tertiary/aromatic N) is 1. The molecular weight excluding hydrogens is 228 g/mol. The van der Waals surface area contributed by atoms with Crippen LogP contribution in [0.25, 0.3) is 0 Å². The van der Waals surface area contributed by atoms with Crippen molar-refractivity contribution in [2.24, 2.45) is 5.92 Å². The summed E-state index contributed by atoms with van der Waals surface area (Å²) in [6.45, 7) is 1.95. The lowest BCUT2D eigenvalue weighted by molar-refractivity contribution is -0.122.